The molecule has 0 unspecified atom stereocenters. The second-order valence-corrected chi connectivity index (χ2v) is 7.67. The van der Waals surface area contributed by atoms with Gasteiger partial charge in [-0.2, -0.15) is 0 Å². The molecule has 0 radical (unpaired) electrons. The molecule has 0 bridgehead atoms. The molecule has 156 valence electrons. The Hall–Kier alpha value is -3.38. The zero-order valence-electron chi connectivity index (χ0n) is 16.9. The van der Waals surface area contributed by atoms with E-state index in [-0.39, 0.29) is 11.6 Å². The van der Waals surface area contributed by atoms with Gasteiger partial charge in [0.2, 0.25) is 5.90 Å². The summed E-state index contributed by atoms with van der Waals surface area (Å²) in [6, 6.07) is 22.9. The van der Waals surface area contributed by atoms with E-state index in [0.717, 1.165) is 21.2 Å². The predicted molar refractivity (Wildman–Crippen MR) is 123 cm³/mol. The minimum absolute atomic E-state index is 0.235. The number of nitrogens with zero attached hydrogens (tertiary/aromatic N) is 1. The van der Waals surface area contributed by atoms with Crippen LogP contribution < -0.4 is 9.47 Å². The summed E-state index contributed by atoms with van der Waals surface area (Å²) in [5, 5.41) is 0. The van der Waals surface area contributed by atoms with Crippen molar-refractivity contribution >= 4 is 33.9 Å². The molecule has 1 aliphatic rings. The number of hydrogen-bond donors (Lipinski definition) is 0. The van der Waals surface area contributed by atoms with Gasteiger partial charge in [-0.1, -0.05) is 52.3 Å². The van der Waals surface area contributed by atoms with E-state index in [4.69, 9.17) is 14.2 Å². The lowest BCUT2D eigenvalue weighted by Crippen LogP contribution is -2.05. The van der Waals surface area contributed by atoms with Gasteiger partial charge in [-0.25, -0.2) is 9.79 Å². The monoisotopic (exact) mass is 477 g/mol. The summed E-state index contributed by atoms with van der Waals surface area (Å²) in [4.78, 5) is 16.7. The van der Waals surface area contributed by atoms with Gasteiger partial charge in [0, 0.05) is 10.0 Å². The molecule has 1 heterocycles. The van der Waals surface area contributed by atoms with Crippen molar-refractivity contribution in [1.82, 2.24) is 0 Å². The minimum Gasteiger partial charge on any atom is -0.490 e. The first-order chi connectivity index (χ1) is 15.1. The van der Waals surface area contributed by atoms with Crippen LogP contribution in [-0.2, 0) is 16.1 Å². The van der Waals surface area contributed by atoms with Gasteiger partial charge in [-0.05, 0) is 60.5 Å². The summed E-state index contributed by atoms with van der Waals surface area (Å²) in [7, 11) is 0. The van der Waals surface area contributed by atoms with Crippen LogP contribution in [0.1, 0.15) is 23.6 Å². The highest BCUT2D eigenvalue weighted by atomic mass is 79.9. The van der Waals surface area contributed by atoms with E-state index in [2.05, 4.69) is 20.9 Å². The van der Waals surface area contributed by atoms with Crippen LogP contribution in [0.25, 0.3) is 6.08 Å². The van der Waals surface area contributed by atoms with Gasteiger partial charge in [0.15, 0.2) is 17.2 Å². The Morgan fingerprint density at radius 3 is 2.48 bits per heavy atom. The number of hydrogen-bond acceptors (Lipinski definition) is 5. The second kappa shape index (κ2) is 9.62. The molecule has 5 nitrogen and oxygen atoms in total. The number of aliphatic imine (C=N–C) groups is 1. The molecular weight excluding hydrogens is 458 g/mol. The van der Waals surface area contributed by atoms with E-state index in [1.54, 1.807) is 6.08 Å². The van der Waals surface area contributed by atoms with Crippen molar-refractivity contribution in [3.8, 4) is 11.5 Å². The Labute approximate surface area is 189 Å². The molecule has 3 aromatic rings. The number of esters is 1. The fraction of sp³-hybridized carbons (Fsp3) is 0.120. The number of halogens is 1. The first-order valence-corrected chi connectivity index (χ1v) is 10.6. The van der Waals surface area contributed by atoms with Gasteiger partial charge in [0.25, 0.3) is 0 Å². The topological polar surface area (TPSA) is 57.1 Å². The first-order valence-electron chi connectivity index (χ1n) is 9.84. The maximum absolute atomic E-state index is 12.3. The fourth-order valence-electron chi connectivity index (χ4n) is 3.02. The van der Waals surface area contributed by atoms with Gasteiger partial charge in [0.1, 0.15) is 6.61 Å². The standard InChI is InChI=1S/C25H20BrNO4/c1-2-29-23-15-18(8-13-22(23)30-16-17-6-4-3-5-7-17)14-21-25(28)31-24(27-21)19-9-11-20(26)12-10-19/h3-15H,2,16H2,1H3. The van der Waals surface area contributed by atoms with E-state index in [9.17, 15) is 4.79 Å². The maximum Gasteiger partial charge on any atom is 0.363 e. The molecule has 4 rings (SSSR count). The van der Waals surface area contributed by atoms with Crippen LogP contribution in [0.15, 0.2) is 88.0 Å². The lowest BCUT2D eigenvalue weighted by Gasteiger charge is -2.12. The van der Waals surface area contributed by atoms with E-state index in [1.807, 2.05) is 79.7 Å². The van der Waals surface area contributed by atoms with Crippen molar-refractivity contribution < 1.29 is 19.0 Å². The molecular formula is C25H20BrNO4. The SMILES string of the molecule is CCOc1cc(C=C2N=C(c3ccc(Br)cc3)OC2=O)ccc1OCc1ccccc1. The number of carbonyl (C=O) groups excluding carboxylic acids is 1. The maximum atomic E-state index is 12.3. The molecule has 0 aromatic heterocycles. The Morgan fingerprint density at radius 1 is 0.968 bits per heavy atom. The number of ether oxygens (including phenoxy) is 3. The summed E-state index contributed by atoms with van der Waals surface area (Å²) >= 11 is 3.39. The molecule has 1 aliphatic heterocycles. The smallest absolute Gasteiger partial charge is 0.363 e. The van der Waals surface area contributed by atoms with Crippen molar-refractivity contribution in [3.63, 3.8) is 0 Å². The average Bonchev–Trinajstić information content (AvgIpc) is 3.15. The summed E-state index contributed by atoms with van der Waals surface area (Å²) < 4.78 is 18.0. The van der Waals surface area contributed by atoms with Crippen LogP contribution in [0.4, 0.5) is 0 Å². The molecule has 0 spiro atoms. The van der Waals surface area contributed by atoms with Crippen molar-refractivity contribution in [2.75, 3.05) is 6.61 Å². The van der Waals surface area contributed by atoms with Crippen LogP contribution in [0.3, 0.4) is 0 Å². The van der Waals surface area contributed by atoms with Crippen molar-refractivity contribution in [2.45, 2.75) is 13.5 Å². The Morgan fingerprint density at radius 2 is 1.74 bits per heavy atom. The molecule has 0 N–H and O–H groups in total. The van der Waals surface area contributed by atoms with E-state index in [1.165, 1.54) is 0 Å². The highest BCUT2D eigenvalue weighted by molar-refractivity contribution is 9.10. The third-order valence-electron chi connectivity index (χ3n) is 4.52. The summed E-state index contributed by atoms with van der Waals surface area (Å²) in [5.41, 5.74) is 2.81. The molecule has 0 fully saturated rings. The largest absolute Gasteiger partial charge is 0.490 e. The Kier molecular flexibility index (Phi) is 6.48. The Balaban J connectivity index is 1.56. The molecule has 3 aromatic carbocycles. The van der Waals surface area contributed by atoms with E-state index >= 15 is 0 Å². The summed E-state index contributed by atoms with van der Waals surface area (Å²) in [5.74, 6) is 1.05. The third kappa shape index (κ3) is 5.22. The highest BCUT2D eigenvalue weighted by Gasteiger charge is 2.24. The fourth-order valence-corrected chi connectivity index (χ4v) is 3.28. The second-order valence-electron chi connectivity index (χ2n) is 6.76. The molecule has 31 heavy (non-hydrogen) atoms. The lowest BCUT2D eigenvalue weighted by atomic mass is 10.1. The van der Waals surface area contributed by atoms with Crippen LogP contribution in [0.2, 0.25) is 0 Å². The predicted octanol–water partition coefficient (Wildman–Crippen LogP) is 5.77. The van der Waals surface area contributed by atoms with Crippen molar-refractivity contribution in [1.29, 1.82) is 0 Å². The molecule has 0 saturated heterocycles. The van der Waals surface area contributed by atoms with Crippen LogP contribution >= 0.6 is 15.9 Å². The van der Waals surface area contributed by atoms with E-state index in [0.29, 0.717) is 24.7 Å². The Bertz CT molecular complexity index is 1140. The third-order valence-corrected chi connectivity index (χ3v) is 5.05. The van der Waals surface area contributed by atoms with Crippen molar-refractivity contribution in [3.05, 3.63) is 99.7 Å². The zero-order valence-corrected chi connectivity index (χ0v) is 18.5. The first kappa shape index (κ1) is 20.9. The normalized spacial score (nSPS) is 14.3. The molecule has 0 atom stereocenters. The van der Waals surface area contributed by atoms with E-state index < -0.39 is 5.97 Å². The zero-order chi connectivity index (χ0) is 21.6. The molecule has 6 heteroatoms. The number of cyclic esters (lactones) is 1. The molecule has 0 amide bonds. The van der Waals surface area contributed by atoms with Gasteiger partial charge < -0.3 is 14.2 Å². The van der Waals surface area contributed by atoms with Gasteiger partial charge >= 0.3 is 5.97 Å². The molecule has 0 saturated carbocycles. The van der Waals surface area contributed by atoms with Gasteiger partial charge in [-0.15, -0.1) is 0 Å². The lowest BCUT2D eigenvalue weighted by molar-refractivity contribution is -0.129. The van der Waals surface area contributed by atoms with Crippen LogP contribution in [0.5, 0.6) is 11.5 Å². The van der Waals surface area contributed by atoms with Gasteiger partial charge in [-0.3, -0.25) is 0 Å². The summed E-state index contributed by atoms with van der Waals surface area (Å²) in [6.07, 6.45) is 1.68. The van der Waals surface area contributed by atoms with Crippen LogP contribution in [-0.4, -0.2) is 18.5 Å². The number of benzene rings is 3. The van der Waals surface area contributed by atoms with Crippen molar-refractivity contribution in [2.24, 2.45) is 4.99 Å². The van der Waals surface area contributed by atoms with Gasteiger partial charge in [0.05, 0.1) is 6.61 Å². The molecule has 0 aliphatic carbocycles. The average molecular weight is 478 g/mol. The number of carbonyl (C=O) groups is 1. The minimum atomic E-state index is -0.486. The van der Waals surface area contributed by atoms with Crippen LogP contribution in [0, 0.1) is 0 Å². The quantitative estimate of drug-likeness (QED) is 0.320. The summed E-state index contributed by atoms with van der Waals surface area (Å²) in [6.45, 7) is 2.85. The highest BCUT2D eigenvalue weighted by Crippen LogP contribution is 2.31. The number of rotatable bonds is 7.